The highest BCUT2D eigenvalue weighted by Gasteiger charge is 2.19. The summed E-state index contributed by atoms with van der Waals surface area (Å²) >= 11 is 0. The van der Waals surface area contributed by atoms with Crippen LogP contribution >= 0.6 is 0 Å². The normalized spacial score (nSPS) is 11.5. The molecule has 0 aliphatic heterocycles. The molecule has 0 fully saturated rings. The summed E-state index contributed by atoms with van der Waals surface area (Å²) in [6.45, 7) is 3.34. The summed E-state index contributed by atoms with van der Waals surface area (Å²) in [6.07, 6.45) is -0.472. The molecule has 0 radical (unpaired) electrons. The fraction of sp³-hybridized carbons (Fsp3) is 0.333. The molecule has 7 nitrogen and oxygen atoms in total. The van der Waals surface area contributed by atoms with Gasteiger partial charge in [0.15, 0.2) is 12.4 Å². The second-order valence-corrected chi connectivity index (χ2v) is 3.61. The largest absolute Gasteiger partial charge is 0.478 e. The van der Waals surface area contributed by atoms with E-state index in [2.05, 4.69) is 0 Å². The molecule has 1 unspecified atom stereocenters. The van der Waals surface area contributed by atoms with E-state index in [1.54, 1.807) is 6.92 Å². The standard InChI is InChI=1S/C12H13NO6/c1-3-18-12(15)8(2)19-11-5-4-10(13(16)17)6-9(11)7-14/h4-8H,3H2,1-2H3. The number of rotatable bonds is 6. The third-order valence-corrected chi connectivity index (χ3v) is 2.25. The zero-order valence-corrected chi connectivity index (χ0v) is 10.5. The van der Waals surface area contributed by atoms with Gasteiger partial charge in [0.2, 0.25) is 0 Å². The summed E-state index contributed by atoms with van der Waals surface area (Å²) in [5.41, 5.74) is -0.219. The second-order valence-electron chi connectivity index (χ2n) is 3.61. The fourth-order valence-corrected chi connectivity index (χ4v) is 1.35. The molecule has 0 heterocycles. The van der Waals surface area contributed by atoms with Crippen molar-refractivity contribution < 1.29 is 24.0 Å². The number of aldehydes is 1. The number of nitro benzene ring substituents is 1. The van der Waals surface area contributed by atoms with Crippen LogP contribution < -0.4 is 4.74 Å². The van der Waals surface area contributed by atoms with Crippen molar-refractivity contribution in [1.29, 1.82) is 0 Å². The van der Waals surface area contributed by atoms with Crippen molar-refractivity contribution in [3.63, 3.8) is 0 Å². The molecule has 0 saturated carbocycles. The van der Waals surface area contributed by atoms with E-state index in [-0.39, 0.29) is 23.6 Å². The number of hydrogen-bond acceptors (Lipinski definition) is 6. The van der Waals surface area contributed by atoms with E-state index in [1.165, 1.54) is 19.1 Å². The van der Waals surface area contributed by atoms with Crippen LogP contribution in [0.15, 0.2) is 18.2 Å². The lowest BCUT2D eigenvalue weighted by Gasteiger charge is -2.14. The predicted octanol–water partition coefficient (Wildman–Crippen LogP) is 1.74. The first-order valence-corrected chi connectivity index (χ1v) is 5.56. The van der Waals surface area contributed by atoms with Gasteiger partial charge in [0, 0.05) is 12.1 Å². The average Bonchev–Trinajstić information content (AvgIpc) is 2.39. The highest BCUT2D eigenvalue weighted by Crippen LogP contribution is 2.23. The highest BCUT2D eigenvalue weighted by molar-refractivity contribution is 5.81. The minimum absolute atomic E-state index is 0.00495. The van der Waals surface area contributed by atoms with E-state index in [1.807, 2.05) is 0 Å². The Labute approximate surface area is 109 Å². The quantitative estimate of drug-likeness (QED) is 0.337. The number of nitro groups is 1. The molecule has 19 heavy (non-hydrogen) atoms. The van der Waals surface area contributed by atoms with E-state index in [0.29, 0.717) is 6.29 Å². The van der Waals surface area contributed by atoms with Crippen LogP contribution in [-0.4, -0.2) is 29.9 Å². The molecule has 0 aromatic heterocycles. The number of esters is 1. The molecule has 0 saturated heterocycles. The second kappa shape index (κ2) is 6.48. The van der Waals surface area contributed by atoms with Crippen molar-refractivity contribution in [3.8, 4) is 5.75 Å². The molecular formula is C12H13NO6. The molecule has 7 heteroatoms. The number of carbonyl (C=O) groups is 2. The Hall–Kier alpha value is -2.44. The van der Waals surface area contributed by atoms with Gasteiger partial charge in [-0.1, -0.05) is 0 Å². The van der Waals surface area contributed by atoms with E-state index in [4.69, 9.17) is 9.47 Å². The molecule has 1 aromatic carbocycles. The molecule has 0 amide bonds. The molecule has 0 N–H and O–H groups in total. The van der Waals surface area contributed by atoms with E-state index in [0.717, 1.165) is 6.07 Å². The van der Waals surface area contributed by atoms with E-state index in [9.17, 15) is 19.7 Å². The van der Waals surface area contributed by atoms with Crippen LogP contribution in [-0.2, 0) is 9.53 Å². The van der Waals surface area contributed by atoms with Gasteiger partial charge in [-0.25, -0.2) is 4.79 Å². The lowest BCUT2D eigenvalue weighted by atomic mass is 10.2. The van der Waals surface area contributed by atoms with Gasteiger partial charge < -0.3 is 9.47 Å². The SMILES string of the molecule is CCOC(=O)C(C)Oc1ccc([N+](=O)[O-])cc1C=O. The van der Waals surface area contributed by atoms with Crippen LogP contribution in [0, 0.1) is 10.1 Å². The van der Waals surface area contributed by atoms with Crippen LogP contribution in [0.25, 0.3) is 0 Å². The van der Waals surface area contributed by atoms with Gasteiger partial charge in [0.1, 0.15) is 5.75 Å². The van der Waals surface area contributed by atoms with Crippen LogP contribution in [0.5, 0.6) is 5.75 Å². The molecule has 102 valence electrons. The summed E-state index contributed by atoms with van der Waals surface area (Å²) in [5, 5.41) is 10.6. The number of carbonyl (C=O) groups excluding carboxylic acids is 2. The molecule has 0 aliphatic carbocycles. The van der Waals surface area contributed by atoms with Gasteiger partial charge in [-0.3, -0.25) is 14.9 Å². The van der Waals surface area contributed by atoms with Crippen molar-refractivity contribution in [1.82, 2.24) is 0 Å². The molecule has 0 bridgehead atoms. The smallest absolute Gasteiger partial charge is 0.347 e. The van der Waals surface area contributed by atoms with Gasteiger partial charge in [0.25, 0.3) is 5.69 Å². The lowest BCUT2D eigenvalue weighted by molar-refractivity contribution is -0.384. The Morgan fingerprint density at radius 2 is 2.21 bits per heavy atom. The van der Waals surface area contributed by atoms with Gasteiger partial charge in [-0.2, -0.15) is 0 Å². The minimum Gasteiger partial charge on any atom is -0.478 e. The maximum atomic E-state index is 11.4. The van der Waals surface area contributed by atoms with Crippen molar-refractivity contribution in [3.05, 3.63) is 33.9 Å². The average molecular weight is 267 g/mol. The Morgan fingerprint density at radius 3 is 2.74 bits per heavy atom. The van der Waals surface area contributed by atoms with Crippen LogP contribution in [0.2, 0.25) is 0 Å². The fourth-order valence-electron chi connectivity index (χ4n) is 1.35. The minimum atomic E-state index is -0.903. The first kappa shape index (κ1) is 14.6. The third-order valence-electron chi connectivity index (χ3n) is 2.25. The Balaban J connectivity index is 2.92. The van der Waals surface area contributed by atoms with Gasteiger partial charge in [-0.05, 0) is 19.9 Å². The first-order chi connectivity index (χ1) is 8.99. The molecule has 1 rings (SSSR count). The molecule has 1 atom stereocenters. The predicted molar refractivity (Wildman–Crippen MR) is 65.2 cm³/mol. The number of hydrogen-bond donors (Lipinski definition) is 0. The summed E-state index contributed by atoms with van der Waals surface area (Å²) < 4.78 is 10.0. The number of benzene rings is 1. The summed E-state index contributed by atoms with van der Waals surface area (Å²) in [4.78, 5) is 32.2. The highest BCUT2D eigenvalue weighted by atomic mass is 16.6. The monoisotopic (exact) mass is 267 g/mol. The van der Waals surface area contributed by atoms with Crippen LogP contribution in [0.4, 0.5) is 5.69 Å². The maximum absolute atomic E-state index is 11.4. The van der Waals surface area contributed by atoms with Crippen molar-refractivity contribution in [2.75, 3.05) is 6.61 Å². The van der Waals surface area contributed by atoms with Gasteiger partial charge in [0.05, 0.1) is 17.1 Å². The molecular weight excluding hydrogens is 254 g/mol. The zero-order chi connectivity index (χ0) is 14.4. The maximum Gasteiger partial charge on any atom is 0.347 e. The number of ether oxygens (including phenoxy) is 2. The summed E-state index contributed by atoms with van der Waals surface area (Å²) in [7, 11) is 0. The number of non-ortho nitro benzene ring substituents is 1. The van der Waals surface area contributed by atoms with Crippen molar-refractivity contribution >= 4 is 17.9 Å². The Kier molecular flexibility index (Phi) is 4.99. The van der Waals surface area contributed by atoms with Gasteiger partial charge >= 0.3 is 5.97 Å². The van der Waals surface area contributed by atoms with Crippen molar-refractivity contribution in [2.24, 2.45) is 0 Å². The molecule has 0 aliphatic rings. The lowest BCUT2D eigenvalue weighted by Crippen LogP contribution is -2.26. The molecule has 0 spiro atoms. The topological polar surface area (TPSA) is 95.7 Å². The van der Waals surface area contributed by atoms with Gasteiger partial charge in [-0.15, -0.1) is 0 Å². The van der Waals surface area contributed by atoms with E-state index < -0.39 is 17.0 Å². The number of nitrogens with zero attached hydrogens (tertiary/aromatic N) is 1. The first-order valence-electron chi connectivity index (χ1n) is 5.56. The van der Waals surface area contributed by atoms with E-state index >= 15 is 0 Å². The Morgan fingerprint density at radius 1 is 1.53 bits per heavy atom. The third kappa shape index (κ3) is 3.77. The summed E-state index contributed by atoms with van der Waals surface area (Å²) in [5.74, 6) is -0.473. The van der Waals surface area contributed by atoms with Crippen molar-refractivity contribution in [2.45, 2.75) is 20.0 Å². The Bertz CT molecular complexity index is 499. The van der Waals surface area contributed by atoms with Crippen LogP contribution in [0.3, 0.4) is 0 Å². The molecule has 1 aromatic rings. The zero-order valence-electron chi connectivity index (χ0n) is 10.5. The summed E-state index contributed by atoms with van der Waals surface area (Å²) in [6, 6.07) is 3.55. The van der Waals surface area contributed by atoms with Crippen LogP contribution in [0.1, 0.15) is 24.2 Å².